The highest BCUT2D eigenvalue weighted by Gasteiger charge is 2.20. The molecule has 1 amide bonds. The Balaban J connectivity index is 1.41. The van der Waals surface area contributed by atoms with Crippen LogP contribution in [-0.4, -0.2) is 43.0 Å². The number of aromatic nitrogens is 2. The minimum absolute atomic E-state index is 0.170. The van der Waals surface area contributed by atoms with Crippen molar-refractivity contribution in [2.24, 2.45) is 0 Å². The second-order valence-electron chi connectivity index (χ2n) is 8.78. The topological polar surface area (TPSA) is 106 Å². The molecule has 1 N–H and O–H groups in total. The number of ether oxygens (including phenoxy) is 3. The van der Waals surface area contributed by atoms with Crippen LogP contribution in [0.15, 0.2) is 77.8 Å². The van der Waals surface area contributed by atoms with Crippen molar-refractivity contribution < 1.29 is 19.0 Å². The number of benzene rings is 3. The van der Waals surface area contributed by atoms with Crippen molar-refractivity contribution >= 4 is 44.4 Å². The van der Waals surface area contributed by atoms with Crippen LogP contribution in [0.2, 0.25) is 0 Å². The number of thioether (sulfide) groups is 1. The van der Waals surface area contributed by atoms with Crippen LogP contribution in [0, 0.1) is 11.3 Å². The number of hydrogen-bond donors (Lipinski definition) is 1. The maximum absolute atomic E-state index is 12.8. The number of carbonyl (C=O) groups excluding carboxylic acids is 1. The van der Waals surface area contributed by atoms with Gasteiger partial charge in [-0.3, -0.25) is 4.79 Å². The molecule has 206 valence electrons. The third kappa shape index (κ3) is 6.27. The van der Waals surface area contributed by atoms with Gasteiger partial charge in [-0.05, 0) is 42.5 Å². The lowest BCUT2D eigenvalue weighted by Crippen LogP contribution is -2.12. The lowest BCUT2D eigenvalue weighted by atomic mass is 9.98. The number of fused-ring (bicyclic) bond motifs is 1. The number of carbonyl (C=O) groups is 1. The molecule has 8 nitrogen and oxygen atoms in total. The normalized spacial score (nSPS) is 10.7. The predicted molar refractivity (Wildman–Crippen MR) is 163 cm³/mol. The van der Waals surface area contributed by atoms with Gasteiger partial charge >= 0.3 is 0 Å². The smallest absolute Gasteiger partial charge is 0.226 e. The highest BCUT2D eigenvalue weighted by Crippen LogP contribution is 2.40. The number of hydrogen-bond acceptors (Lipinski definition) is 9. The zero-order valence-corrected chi connectivity index (χ0v) is 24.3. The lowest BCUT2D eigenvalue weighted by molar-refractivity contribution is -0.115. The van der Waals surface area contributed by atoms with Gasteiger partial charge in [0.1, 0.15) is 28.3 Å². The first-order chi connectivity index (χ1) is 20.0. The summed E-state index contributed by atoms with van der Waals surface area (Å²) in [6.07, 6.45) is 0.212. The van der Waals surface area contributed by atoms with Gasteiger partial charge in [0.25, 0.3) is 0 Å². The molecule has 0 spiro atoms. The standard InChI is InChI=1S/C31H26N4O4S2/c1-37-20-10-12-27(39-3)23(15-20)22-17-26(19-7-5-4-6-8-19)33-30(24(22)18-32)40-14-13-29(36)35-31-34-25-11-9-21(38-2)16-28(25)41-31/h4-12,15-17H,13-14H2,1-3H3,(H,34,35,36). The molecule has 0 radical (unpaired) electrons. The maximum atomic E-state index is 12.8. The Morgan fingerprint density at radius 3 is 2.41 bits per heavy atom. The largest absolute Gasteiger partial charge is 0.497 e. The van der Waals surface area contributed by atoms with Gasteiger partial charge in [-0.15, -0.1) is 11.8 Å². The van der Waals surface area contributed by atoms with Gasteiger partial charge in [0, 0.05) is 28.9 Å². The molecule has 2 aromatic heterocycles. The molecule has 0 saturated carbocycles. The molecule has 0 atom stereocenters. The minimum Gasteiger partial charge on any atom is -0.497 e. The van der Waals surface area contributed by atoms with Crippen molar-refractivity contribution in [2.75, 3.05) is 32.4 Å². The Kier molecular flexibility index (Phi) is 8.67. The first kappa shape index (κ1) is 28.0. The molecule has 10 heteroatoms. The molecule has 0 aliphatic carbocycles. The van der Waals surface area contributed by atoms with E-state index in [9.17, 15) is 10.1 Å². The quantitative estimate of drug-likeness (QED) is 0.175. The van der Waals surface area contributed by atoms with Crippen molar-refractivity contribution in [1.82, 2.24) is 9.97 Å². The van der Waals surface area contributed by atoms with Crippen molar-refractivity contribution in [3.63, 3.8) is 0 Å². The molecule has 0 bridgehead atoms. The zero-order chi connectivity index (χ0) is 28.8. The molecule has 2 heterocycles. The second-order valence-corrected chi connectivity index (χ2v) is 10.9. The van der Waals surface area contributed by atoms with Gasteiger partial charge in [-0.25, -0.2) is 9.97 Å². The van der Waals surface area contributed by atoms with E-state index < -0.39 is 0 Å². The van der Waals surface area contributed by atoms with E-state index in [4.69, 9.17) is 19.2 Å². The summed E-state index contributed by atoms with van der Waals surface area (Å²) in [6, 6.07) is 25.0. The fourth-order valence-corrected chi connectivity index (χ4v) is 6.09. The molecule has 3 aromatic carbocycles. The summed E-state index contributed by atoms with van der Waals surface area (Å²) in [5, 5.41) is 14.2. The van der Waals surface area contributed by atoms with Crippen LogP contribution in [0.5, 0.6) is 17.2 Å². The number of pyridine rings is 1. The van der Waals surface area contributed by atoms with Crippen molar-refractivity contribution in [3.05, 3.63) is 78.4 Å². The van der Waals surface area contributed by atoms with E-state index in [1.165, 1.54) is 23.1 Å². The highest BCUT2D eigenvalue weighted by molar-refractivity contribution is 7.99. The summed E-state index contributed by atoms with van der Waals surface area (Å²) in [6.45, 7) is 0. The van der Waals surface area contributed by atoms with Gasteiger partial charge < -0.3 is 19.5 Å². The SMILES string of the molecule is COc1ccc(OC)c(-c2cc(-c3ccccc3)nc(SCCC(=O)Nc3nc4ccc(OC)cc4s3)c2C#N)c1. The Morgan fingerprint density at radius 1 is 0.927 bits per heavy atom. The molecule has 5 rings (SSSR count). The Bertz CT molecular complexity index is 1750. The lowest BCUT2D eigenvalue weighted by Gasteiger charge is -2.15. The summed E-state index contributed by atoms with van der Waals surface area (Å²) in [5.74, 6) is 2.23. The van der Waals surface area contributed by atoms with Crippen LogP contribution >= 0.6 is 23.1 Å². The zero-order valence-electron chi connectivity index (χ0n) is 22.6. The molecule has 0 unspecified atom stereocenters. The fraction of sp³-hybridized carbons (Fsp3) is 0.161. The molecular weight excluding hydrogens is 556 g/mol. The van der Waals surface area contributed by atoms with E-state index >= 15 is 0 Å². The van der Waals surface area contributed by atoms with Gasteiger partial charge in [0.05, 0.1) is 42.8 Å². The molecular formula is C31H26N4O4S2. The Labute approximate surface area is 245 Å². The van der Waals surface area contributed by atoms with Gasteiger partial charge in [0.2, 0.25) is 5.91 Å². The minimum atomic E-state index is -0.170. The summed E-state index contributed by atoms with van der Waals surface area (Å²) in [4.78, 5) is 22.1. The van der Waals surface area contributed by atoms with Gasteiger partial charge in [0.15, 0.2) is 5.13 Å². The number of anilines is 1. The number of nitrogens with one attached hydrogen (secondary N) is 1. The van der Waals surface area contributed by atoms with E-state index in [1.54, 1.807) is 21.3 Å². The van der Waals surface area contributed by atoms with E-state index in [0.717, 1.165) is 27.1 Å². The monoisotopic (exact) mass is 582 g/mol. The third-order valence-corrected chi connectivity index (χ3v) is 8.18. The Hall–Kier alpha value is -4.59. The van der Waals surface area contributed by atoms with E-state index in [1.807, 2.05) is 72.8 Å². The van der Waals surface area contributed by atoms with Crippen LogP contribution in [-0.2, 0) is 4.79 Å². The molecule has 0 aliphatic heterocycles. The number of thiazole rings is 1. The number of nitriles is 1. The van der Waals surface area contributed by atoms with Crippen LogP contribution in [0.1, 0.15) is 12.0 Å². The molecule has 0 saturated heterocycles. The second kappa shape index (κ2) is 12.7. The van der Waals surface area contributed by atoms with Crippen molar-refractivity contribution in [1.29, 1.82) is 5.26 Å². The van der Waals surface area contributed by atoms with E-state index in [-0.39, 0.29) is 12.3 Å². The predicted octanol–water partition coefficient (Wildman–Crippen LogP) is 7.04. The maximum Gasteiger partial charge on any atom is 0.226 e. The summed E-state index contributed by atoms with van der Waals surface area (Å²) >= 11 is 2.75. The molecule has 0 fully saturated rings. The van der Waals surface area contributed by atoms with Crippen LogP contribution in [0.3, 0.4) is 0 Å². The van der Waals surface area contributed by atoms with Crippen LogP contribution < -0.4 is 19.5 Å². The number of amides is 1. The third-order valence-electron chi connectivity index (χ3n) is 6.27. The molecule has 5 aromatic rings. The number of nitrogens with zero attached hydrogens (tertiary/aromatic N) is 3. The average Bonchev–Trinajstić information content (AvgIpc) is 3.41. The first-order valence-corrected chi connectivity index (χ1v) is 14.4. The van der Waals surface area contributed by atoms with E-state index in [2.05, 4.69) is 16.4 Å². The summed E-state index contributed by atoms with van der Waals surface area (Å²) in [5.41, 5.74) is 4.21. The first-order valence-electron chi connectivity index (χ1n) is 12.6. The highest BCUT2D eigenvalue weighted by atomic mass is 32.2. The molecule has 41 heavy (non-hydrogen) atoms. The van der Waals surface area contributed by atoms with Crippen molar-refractivity contribution in [2.45, 2.75) is 11.4 Å². The van der Waals surface area contributed by atoms with Crippen LogP contribution in [0.25, 0.3) is 32.6 Å². The van der Waals surface area contributed by atoms with Crippen LogP contribution in [0.4, 0.5) is 5.13 Å². The summed E-state index contributed by atoms with van der Waals surface area (Å²) in [7, 11) is 4.80. The average molecular weight is 583 g/mol. The summed E-state index contributed by atoms with van der Waals surface area (Å²) < 4.78 is 17.3. The van der Waals surface area contributed by atoms with Gasteiger partial charge in [-0.2, -0.15) is 5.26 Å². The Morgan fingerprint density at radius 2 is 1.68 bits per heavy atom. The van der Waals surface area contributed by atoms with Gasteiger partial charge in [-0.1, -0.05) is 41.7 Å². The number of methoxy groups -OCH3 is 3. The number of rotatable bonds is 10. The fourth-order valence-electron chi connectivity index (χ4n) is 4.24. The van der Waals surface area contributed by atoms with E-state index in [0.29, 0.717) is 44.2 Å². The molecule has 0 aliphatic rings. The van der Waals surface area contributed by atoms with Crippen molar-refractivity contribution in [3.8, 4) is 45.7 Å².